The van der Waals surface area contributed by atoms with E-state index in [2.05, 4.69) is 31.9 Å². The fourth-order valence-electron chi connectivity index (χ4n) is 3.97. The van der Waals surface area contributed by atoms with Crippen LogP contribution in [0.4, 0.5) is 14.9 Å². The Kier molecular flexibility index (Phi) is 5.28. The molecule has 0 atom stereocenters. The molecule has 8 heteroatoms. The lowest BCUT2D eigenvalue weighted by atomic mass is 10.0. The molecule has 0 spiro atoms. The highest BCUT2D eigenvalue weighted by molar-refractivity contribution is 6.00. The number of aromatic nitrogens is 3. The SMILES string of the molecule is Cc1cc(-c2n[nH]c3cc4c(cc23)CN(CCNCc2ccc(F)cc2)C(=O)N4)ccn1. The highest BCUT2D eigenvalue weighted by atomic mass is 19.1. The number of hydrogen-bond donors (Lipinski definition) is 3. The maximum Gasteiger partial charge on any atom is 0.322 e. The average molecular weight is 430 g/mol. The van der Waals surface area contributed by atoms with Crippen LogP contribution in [0.1, 0.15) is 16.8 Å². The summed E-state index contributed by atoms with van der Waals surface area (Å²) in [4.78, 5) is 18.6. The van der Waals surface area contributed by atoms with Crippen LogP contribution in [0.3, 0.4) is 0 Å². The number of carbonyl (C=O) groups excluding carboxylic acids is 1. The molecule has 0 saturated heterocycles. The van der Waals surface area contributed by atoms with Crippen molar-refractivity contribution in [1.29, 1.82) is 0 Å². The predicted octanol–water partition coefficient (Wildman–Crippen LogP) is 4.21. The number of urea groups is 1. The number of rotatable bonds is 6. The summed E-state index contributed by atoms with van der Waals surface area (Å²) in [5, 5.41) is 14.9. The summed E-state index contributed by atoms with van der Waals surface area (Å²) in [6.45, 7) is 4.30. The molecule has 0 aliphatic carbocycles. The normalized spacial score (nSPS) is 13.3. The van der Waals surface area contributed by atoms with Gasteiger partial charge in [-0.25, -0.2) is 9.18 Å². The molecule has 3 N–H and O–H groups in total. The van der Waals surface area contributed by atoms with E-state index in [1.165, 1.54) is 12.1 Å². The van der Waals surface area contributed by atoms with Crippen LogP contribution in [0.15, 0.2) is 54.7 Å². The second kappa shape index (κ2) is 8.39. The number of H-pyrrole nitrogens is 1. The maximum absolute atomic E-state index is 13.0. The zero-order chi connectivity index (χ0) is 22.1. The van der Waals surface area contributed by atoms with E-state index in [4.69, 9.17) is 0 Å². The first-order valence-corrected chi connectivity index (χ1v) is 10.5. The molecule has 1 aliphatic heterocycles. The number of nitrogens with one attached hydrogen (secondary N) is 3. The lowest BCUT2D eigenvalue weighted by Crippen LogP contribution is -2.42. The molecule has 0 fully saturated rings. The maximum atomic E-state index is 13.0. The Morgan fingerprint density at radius 2 is 2.00 bits per heavy atom. The molecule has 0 unspecified atom stereocenters. The molecule has 3 heterocycles. The van der Waals surface area contributed by atoms with E-state index < -0.39 is 0 Å². The Morgan fingerprint density at radius 3 is 2.81 bits per heavy atom. The Labute approximate surface area is 184 Å². The molecule has 1 aliphatic rings. The third-order valence-electron chi connectivity index (χ3n) is 5.65. The van der Waals surface area contributed by atoms with Gasteiger partial charge in [-0.1, -0.05) is 12.1 Å². The van der Waals surface area contributed by atoms with Gasteiger partial charge in [0.25, 0.3) is 0 Å². The number of benzene rings is 2. The topological polar surface area (TPSA) is 85.9 Å². The minimum absolute atomic E-state index is 0.120. The molecular weight excluding hydrogens is 407 g/mol. The molecule has 0 radical (unpaired) electrons. The summed E-state index contributed by atoms with van der Waals surface area (Å²) in [5.41, 5.74) is 6.54. The van der Waals surface area contributed by atoms with E-state index in [1.54, 1.807) is 23.2 Å². The van der Waals surface area contributed by atoms with Crippen LogP contribution in [0.2, 0.25) is 0 Å². The number of halogens is 1. The van der Waals surface area contributed by atoms with E-state index >= 15 is 0 Å². The predicted molar refractivity (Wildman–Crippen MR) is 122 cm³/mol. The number of nitrogens with zero attached hydrogens (tertiary/aromatic N) is 3. The van der Waals surface area contributed by atoms with E-state index in [-0.39, 0.29) is 11.8 Å². The molecule has 5 rings (SSSR count). The van der Waals surface area contributed by atoms with Crippen LogP contribution in [-0.4, -0.2) is 39.2 Å². The Morgan fingerprint density at radius 1 is 1.16 bits per heavy atom. The Hall–Kier alpha value is -3.78. The standard InChI is InChI=1S/C24H23FN6O/c1-15-10-17(6-7-27-15)23-20-11-18-14-31(24(32)28-21(18)12-22(20)29-30-23)9-8-26-13-16-2-4-19(25)5-3-16/h2-7,10-12,26H,8-9,13-14H2,1H3,(H,28,32)(H,29,30). The van der Waals surface area contributed by atoms with Gasteiger partial charge in [-0.2, -0.15) is 5.10 Å². The molecule has 2 aromatic carbocycles. The van der Waals surface area contributed by atoms with Crippen LogP contribution in [-0.2, 0) is 13.1 Å². The van der Waals surface area contributed by atoms with Gasteiger partial charge in [-0.05, 0) is 54.4 Å². The molecule has 0 bridgehead atoms. The van der Waals surface area contributed by atoms with Gasteiger partial charge in [-0.3, -0.25) is 10.1 Å². The van der Waals surface area contributed by atoms with Crippen LogP contribution in [0.25, 0.3) is 22.2 Å². The molecular formula is C24H23FN6O. The van der Waals surface area contributed by atoms with Crippen LogP contribution < -0.4 is 10.6 Å². The quantitative estimate of drug-likeness (QED) is 0.400. The van der Waals surface area contributed by atoms with Crippen molar-refractivity contribution in [3.63, 3.8) is 0 Å². The average Bonchev–Trinajstić information content (AvgIpc) is 3.19. The third-order valence-corrected chi connectivity index (χ3v) is 5.65. The Bertz CT molecular complexity index is 1280. The number of aryl methyl sites for hydroxylation is 1. The van der Waals surface area contributed by atoms with Gasteiger partial charge in [0, 0.05) is 54.7 Å². The van der Waals surface area contributed by atoms with Crippen molar-refractivity contribution < 1.29 is 9.18 Å². The monoisotopic (exact) mass is 430 g/mol. The smallest absolute Gasteiger partial charge is 0.319 e. The van der Waals surface area contributed by atoms with Crippen molar-refractivity contribution in [3.05, 3.63) is 77.4 Å². The van der Waals surface area contributed by atoms with Crippen molar-refractivity contribution in [2.24, 2.45) is 0 Å². The second-order valence-electron chi connectivity index (χ2n) is 7.97. The van der Waals surface area contributed by atoms with E-state index in [9.17, 15) is 9.18 Å². The number of carbonyl (C=O) groups is 1. The zero-order valence-electron chi connectivity index (χ0n) is 17.7. The molecule has 0 saturated carbocycles. The van der Waals surface area contributed by atoms with Gasteiger partial charge in [0.1, 0.15) is 11.5 Å². The first-order valence-electron chi connectivity index (χ1n) is 10.5. The molecule has 4 aromatic rings. The fourth-order valence-corrected chi connectivity index (χ4v) is 3.97. The van der Waals surface area contributed by atoms with Crippen molar-refractivity contribution >= 4 is 22.6 Å². The van der Waals surface area contributed by atoms with Crippen molar-refractivity contribution in [3.8, 4) is 11.3 Å². The van der Waals surface area contributed by atoms with E-state index in [1.807, 2.05) is 25.1 Å². The van der Waals surface area contributed by atoms with Gasteiger partial charge in [0.15, 0.2) is 0 Å². The lowest BCUT2D eigenvalue weighted by molar-refractivity contribution is 0.206. The summed E-state index contributed by atoms with van der Waals surface area (Å²) in [6.07, 6.45) is 1.78. The van der Waals surface area contributed by atoms with Gasteiger partial charge >= 0.3 is 6.03 Å². The molecule has 2 aromatic heterocycles. The lowest BCUT2D eigenvalue weighted by Gasteiger charge is -2.29. The summed E-state index contributed by atoms with van der Waals surface area (Å²) in [5.74, 6) is -0.244. The summed E-state index contributed by atoms with van der Waals surface area (Å²) >= 11 is 0. The fraction of sp³-hybridized carbons (Fsp3) is 0.208. The van der Waals surface area contributed by atoms with Gasteiger partial charge < -0.3 is 15.5 Å². The summed E-state index contributed by atoms with van der Waals surface area (Å²) < 4.78 is 13.0. The number of aromatic amines is 1. The van der Waals surface area contributed by atoms with Gasteiger partial charge in [0.2, 0.25) is 0 Å². The summed E-state index contributed by atoms with van der Waals surface area (Å²) in [7, 11) is 0. The Balaban J connectivity index is 1.30. The highest BCUT2D eigenvalue weighted by Gasteiger charge is 2.23. The molecule has 162 valence electrons. The first-order chi connectivity index (χ1) is 15.6. The molecule has 2 amide bonds. The van der Waals surface area contributed by atoms with Gasteiger partial charge in [0.05, 0.1) is 5.52 Å². The summed E-state index contributed by atoms with van der Waals surface area (Å²) in [6, 6.07) is 14.3. The van der Waals surface area contributed by atoms with Crippen molar-refractivity contribution in [1.82, 2.24) is 25.4 Å². The second-order valence-corrected chi connectivity index (χ2v) is 7.97. The van der Waals surface area contributed by atoms with Crippen molar-refractivity contribution in [2.45, 2.75) is 20.0 Å². The number of anilines is 1. The number of hydrogen-bond acceptors (Lipinski definition) is 4. The molecule has 7 nitrogen and oxygen atoms in total. The number of amides is 2. The third kappa shape index (κ3) is 4.04. The van der Waals surface area contributed by atoms with Crippen molar-refractivity contribution in [2.75, 3.05) is 18.4 Å². The number of fused-ring (bicyclic) bond motifs is 2. The number of pyridine rings is 1. The van der Waals surface area contributed by atoms with Crippen LogP contribution >= 0.6 is 0 Å². The van der Waals surface area contributed by atoms with E-state index in [0.29, 0.717) is 26.2 Å². The highest BCUT2D eigenvalue weighted by Crippen LogP contribution is 2.33. The largest absolute Gasteiger partial charge is 0.322 e. The molecule has 32 heavy (non-hydrogen) atoms. The van der Waals surface area contributed by atoms with Crippen LogP contribution in [0, 0.1) is 12.7 Å². The minimum atomic E-state index is -0.244. The zero-order valence-corrected chi connectivity index (χ0v) is 17.7. The van der Waals surface area contributed by atoms with E-state index in [0.717, 1.165) is 44.7 Å². The van der Waals surface area contributed by atoms with Gasteiger partial charge in [-0.15, -0.1) is 0 Å². The minimum Gasteiger partial charge on any atom is -0.319 e. The van der Waals surface area contributed by atoms with Crippen LogP contribution in [0.5, 0.6) is 0 Å². The first kappa shape index (κ1) is 20.1.